The Hall–Kier alpha value is -0.543. The SMILES string of the molecule is CC(C)(CC([C@@H]1C(=O)N[C@@H]1SSc1nc2ccccc2s1)C(C)(C)C)O[SiH3]. The van der Waals surface area contributed by atoms with E-state index >= 15 is 0 Å². The molecule has 3 rings (SSSR count). The molecule has 1 aromatic heterocycles. The van der Waals surface area contributed by atoms with Crippen LogP contribution in [0.1, 0.15) is 41.0 Å². The fourth-order valence-corrected chi connectivity index (χ4v) is 7.43. The molecule has 1 amide bonds. The highest BCUT2D eigenvalue weighted by Gasteiger charge is 2.50. The number of nitrogens with zero attached hydrogens (tertiary/aromatic N) is 1. The third-order valence-electron chi connectivity index (χ3n) is 5.22. The average molecular weight is 441 g/mol. The minimum absolute atomic E-state index is 0.00738. The van der Waals surface area contributed by atoms with Crippen molar-refractivity contribution in [3.63, 3.8) is 0 Å². The van der Waals surface area contributed by atoms with E-state index in [4.69, 9.17) is 4.43 Å². The maximum absolute atomic E-state index is 12.5. The summed E-state index contributed by atoms with van der Waals surface area (Å²) in [5, 5.41) is 3.22. The third kappa shape index (κ3) is 4.90. The summed E-state index contributed by atoms with van der Waals surface area (Å²) in [4.78, 5) is 17.2. The van der Waals surface area contributed by atoms with Crippen LogP contribution in [0.4, 0.5) is 0 Å². The highest BCUT2D eigenvalue weighted by molar-refractivity contribution is 8.77. The fraction of sp³-hybridized carbons (Fsp3) is 0.579. The molecule has 148 valence electrons. The molecule has 0 spiro atoms. The van der Waals surface area contributed by atoms with Gasteiger partial charge in [-0.05, 0) is 54.5 Å². The number of aromatic nitrogens is 1. The van der Waals surface area contributed by atoms with E-state index in [1.807, 2.05) is 18.2 Å². The van der Waals surface area contributed by atoms with Crippen LogP contribution in [0.25, 0.3) is 10.2 Å². The van der Waals surface area contributed by atoms with Gasteiger partial charge in [-0.25, -0.2) is 4.98 Å². The molecule has 2 aromatic rings. The van der Waals surface area contributed by atoms with Crippen LogP contribution in [0.2, 0.25) is 0 Å². The van der Waals surface area contributed by atoms with E-state index in [1.54, 1.807) is 32.9 Å². The smallest absolute Gasteiger partial charge is 0.227 e. The van der Waals surface area contributed by atoms with Crippen LogP contribution >= 0.6 is 32.9 Å². The Bertz CT molecular complexity index is 786. The van der Waals surface area contributed by atoms with Crippen LogP contribution in [0, 0.1) is 17.3 Å². The number of nitrogens with one attached hydrogen (secondary N) is 1. The molecule has 1 N–H and O–H groups in total. The molecule has 1 saturated heterocycles. The molecule has 0 saturated carbocycles. The van der Waals surface area contributed by atoms with Crippen molar-refractivity contribution in [2.45, 2.75) is 56.4 Å². The standard InChI is InChI=1S/C19H28N2O2S3Si/c1-18(2,3)11(10-19(4,5)23-27)14-15(22)21-16(14)25-26-17-20-12-8-6-7-9-13(12)24-17/h6-9,11,14,16H,10H2,1-5,27H3,(H,21,22)/t11?,14-,16-/m1/s1. The number of hydrogen-bond donors (Lipinski definition) is 1. The summed E-state index contributed by atoms with van der Waals surface area (Å²) in [7, 11) is 4.10. The number of carbonyl (C=O) groups excluding carboxylic acids is 1. The van der Waals surface area contributed by atoms with E-state index in [-0.39, 0.29) is 34.1 Å². The predicted octanol–water partition coefficient (Wildman–Crippen LogP) is 4.24. The highest BCUT2D eigenvalue weighted by atomic mass is 33.1. The maximum Gasteiger partial charge on any atom is 0.227 e. The Morgan fingerprint density at radius 2 is 2.00 bits per heavy atom. The van der Waals surface area contributed by atoms with Gasteiger partial charge in [0.2, 0.25) is 5.91 Å². The Morgan fingerprint density at radius 1 is 1.30 bits per heavy atom. The molecule has 8 heteroatoms. The number of para-hydroxylation sites is 1. The van der Waals surface area contributed by atoms with E-state index < -0.39 is 0 Å². The predicted molar refractivity (Wildman–Crippen MR) is 121 cm³/mol. The molecular weight excluding hydrogens is 413 g/mol. The topological polar surface area (TPSA) is 51.2 Å². The summed E-state index contributed by atoms with van der Waals surface area (Å²) in [5.41, 5.74) is 0.896. The van der Waals surface area contributed by atoms with Crippen molar-refractivity contribution in [1.29, 1.82) is 0 Å². The Balaban J connectivity index is 1.71. The van der Waals surface area contributed by atoms with Crippen molar-refractivity contribution in [1.82, 2.24) is 10.3 Å². The lowest BCUT2D eigenvalue weighted by Crippen LogP contribution is -2.61. The van der Waals surface area contributed by atoms with Crippen molar-refractivity contribution in [3.05, 3.63) is 24.3 Å². The lowest BCUT2D eigenvalue weighted by molar-refractivity contribution is -0.138. The van der Waals surface area contributed by atoms with Gasteiger partial charge in [-0.1, -0.05) is 43.7 Å². The van der Waals surface area contributed by atoms with Gasteiger partial charge in [0.15, 0.2) is 4.34 Å². The minimum Gasteiger partial charge on any atom is -0.423 e. The molecule has 27 heavy (non-hydrogen) atoms. The van der Waals surface area contributed by atoms with Gasteiger partial charge in [0, 0.05) is 5.60 Å². The Morgan fingerprint density at radius 3 is 2.59 bits per heavy atom. The van der Waals surface area contributed by atoms with Crippen molar-refractivity contribution in [2.24, 2.45) is 17.3 Å². The van der Waals surface area contributed by atoms with E-state index in [0.29, 0.717) is 10.5 Å². The molecule has 0 radical (unpaired) electrons. The van der Waals surface area contributed by atoms with E-state index in [9.17, 15) is 4.79 Å². The van der Waals surface area contributed by atoms with Crippen LogP contribution in [0.3, 0.4) is 0 Å². The Labute approximate surface area is 176 Å². The number of benzene rings is 1. The van der Waals surface area contributed by atoms with Crippen LogP contribution in [0.15, 0.2) is 28.6 Å². The van der Waals surface area contributed by atoms with Gasteiger partial charge in [-0.2, -0.15) is 0 Å². The first-order chi connectivity index (χ1) is 12.6. The highest BCUT2D eigenvalue weighted by Crippen LogP contribution is 2.49. The first-order valence-corrected chi connectivity index (χ1v) is 13.0. The zero-order valence-corrected chi connectivity index (χ0v) is 21.2. The summed E-state index contributed by atoms with van der Waals surface area (Å²) in [6.45, 7) is 11.0. The number of hydrogen-bond acceptors (Lipinski definition) is 6. The van der Waals surface area contributed by atoms with Gasteiger partial charge in [0.1, 0.15) is 10.5 Å². The second-order valence-corrected chi connectivity index (χ2v) is 12.8. The average Bonchev–Trinajstić information content (AvgIpc) is 2.99. The molecule has 3 atom stereocenters. The normalized spacial score (nSPS) is 21.9. The number of fused-ring (bicyclic) bond motifs is 1. The summed E-state index contributed by atoms with van der Waals surface area (Å²) < 4.78 is 8.04. The van der Waals surface area contributed by atoms with Gasteiger partial charge >= 0.3 is 0 Å². The molecule has 1 fully saturated rings. The number of carbonyl (C=O) groups is 1. The molecular formula is C19H28N2O2S3Si. The van der Waals surface area contributed by atoms with Crippen molar-refractivity contribution in [3.8, 4) is 0 Å². The molecule has 1 aliphatic rings. The lowest BCUT2D eigenvalue weighted by Gasteiger charge is -2.48. The van der Waals surface area contributed by atoms with Crippen LogP contribution in [-0.4, -0.2) is 32.4 Å². The Kier molecular flexibility index (Phi) is 6.32. The molecule has 1 unspecified atom stereocenters. The molecule has 4 nitrogen and oxygen atoms in total. The molecule has 0 bridgehead atoms. The molecule has 2 heterocycles. The second-order valence-electron chi connectivity index (χ2n) is 8.72. The quantitative estimate of drug-likeness (QED) is 0.396. The first kappa shape index (κ1) is 21.2. The van der Waals surface area contributed by atoms with Crippen molar-refractivity contribution >= 4 is 59.5 Å². The zero-order valence-electron chi connectivity index (χ0n) is 16.7. The monoisotopic (exact) mass is 440 g/mol. The summed E-state index contributed by atoms with van der Waals surface area (Å²) >= 11 is 1.71. The van der Waals surface area contributed by atoms with Gasteiger partial charge in [-0.3, -0.25) is 4.79 Å². The van der Waals surface area contributed by atoms with Crippen LogP contribution < -0.4 is 5.32 Å². The zero-order chi connectivity index (χ0) is 19.8. The third-order valence-corrected chi connectivity index (χ3v) is 10.3. The van der Waals surface area contributed by atoms with Crippen LogP contribution in [0.5, 0.6) is 0 Å². The molecule has 1 aliphatic heterocycles. The van der Waals surface area contributed by atoms with E-state index in [1.165, 1.54) is 4.70 Å². The number of thiazole rings is 1. The summed E-state index contributed by atoms with van der Waals surface area (Å²) in [6.07, 6.45) is 0.890. The summed E-state index contributed by atoms with van der Waals surface area (Å²) in [6, 6.07) is 8.19. The number of β-lactam (4-membered cyclic amide) rings is 1. The van der Waals surface area contributed by atoms with Crippen molar-refractivity contribution < 1.29 is 9.22 Å². The number of amides is 1. The second kappa shape index (κ2) is 8.06. The van der Waals surface area contributed by atoms with Gasteiger partial charge in [0.25, 0.3) is 0 Å². The molecule has 1 aromatic carbocycles. The van der Waals surface area contributed by atoms with Crippen molar-refractivity contribution in [2.75, 3.05) is 0 Å². The fourth-order valence-electron chi connectivity index (χ4n) is 3.41. The van der Waals surface area contributed by atoms with Gasteiger partial charge < -0.3 is 9.74 Å². The first-order valence-electron chi connectivity index (χ1n) is 9.15. The summed E-state index contributed by atoms with van der Waals surface area (Å²) in [5.74, 6) is 0.443. The van der Waals surface area contributed by atoms with Gasteiger partial charge in [0.05, 0.1) is 21.5 Å². The van der Waals surface area contributed by atoms with E-state index in [0.717, 1.165) is 16.3 Å². The minimum atomic E-state index is -0.185. The number of rotatable bonds is 7. The molecule has 0 aliphatic carbocycles. The van der Waals surface area contributed by atoms with Gasteiger partial charge in [-0.15, -0.1) is 11.3 Å². The lowest BCUT2D eigenvalue weighted by atomic mass is 9.66. The van der Waals surface area contributed by atoms with Crippen LogP contribution in [-0.2, 0) is 9.22 Å². The largest absolute Gasteiger partial charge is 0.423 e. The van der Waals surface area contributed by atoms with E-state index in [2.05, 4.69) is 51.0 Å². The maximum atomic E-state index is 12.5.